The first-order chi connectivity index (χ1) is 8.61. The molecule has 2 heterocycles. The fourth-order valence-electron chi connectivity index (χ4n) is 1.61. The van der Waals surface area contributed by atoms with Gasteiger partial charge in [0.25, 0.3) is 5.56 Å². The summed E-state index contributed by atoms with van der Waals surface area (Å²) in [5.41, 5.74) is 2.38. The molecule has 0 unspecified atom stereocenters. The molecule has 2 aromatic rings. The smallest absolute Gasteiger partial charge is 0.274 e. The first-order valence-corrected chi connectivity index (χ1v) is 5.77. The van der Waals surface area contributed by atoms with Crippen molar-refractivity contribution in [1.82, 2.24) is 15.0 Å². The normalized spacial score (nSPS) is 10.4. The van der Waals surface area contributed by atoms with Crippen molar-refractivity contribution in [1.29, 1.82) is 0 Å². The average molecular weight is 245 g/mol. The van der Waals surface area contributed by atoms with Gasteiger partial charge in [0.05, 0.1) is 18.5 Å². The molecule has 0 spiro atoms. The zero-order valence-electron chi connectivity index (χ0n) is 10.7. The Balaban J connectivity index is 2.51. The van der Waals surface area contributed by atoms with Gasteiger partial charge < -0.3 is 9.72 Å². The number of pyridine rings is 1. The van der Waals surface area contributed by atoms with Crippen LogP contribution in [0.5, 0.6) is 5.75 Å². The fraction of sp³-hybridized carbons (Fsp3) is 0.308. The molecule has 2 aromatic heterocycles. The molecule has 0 saturated heterocycles. The van der Waals surface area contributed by atoms with Crippen LogP contribution in [0, 0.1) is 13.8 Å². The van der Waals surface area contributed by atoms with Crippen molar-refractivity contribution in [3.63, 3.8) is 0 Å². The molecule has 0 atom stereocenters. The second-order valence-electron chi connectivity index (χ2n) is 3.97. The van der Waals surface area contributed by atoms with Crippen LogP contribution < -0.4 is 10.3 Å². The van der Waals surface area contributed by atoms with E-state index < -0.39 is 0 Å². The summed E-state index contributed by atoms with van der Waals surface area (Å²) < 4.78 is 5.36. The summed E-state index contributed by atoms with van der Waals surface area (Å²) in [5.74, 6) is 0.634. The molecule has 0 aromatic carbocycles. The summed E-state index contributed by atoms with van der Waals surface area (Å²) in [6.45, 7) is 6.13. The van der Waals surface area contributed by atoms with Crippen molar-refractivity contribution in [2.24, 2.45) is 0 Å². The van der Waals surface area contributed by atoms with Crippen LogP contribution >= 0.6 is 0 Å². The van der Waals surface area contributed by atoms with E-state index in [9.17, 15) is 4.79 Å². The summed E-state index contributed by atoms with van der Waals surface area (Å²) in [6.07, 6.45) is 3.22. The van der Waals surface area contributed by atoms with E-state index in [1.165, 1.54) is 0 Å². The molecule has 94 valence electrons. The van der Waals surface area contributed by atoms with Crippen LogP contribution in [-0.2, 0) is 0 Å². The van der Waals surface area contributed by atoms with Crippen LogP contribution in [0.4, 0.5) is 0 Å². The number of aryl methyl sites for hydroxylation is 2. The van der Waals surface area contributed by atoms with Gasteiger partial charge >= 0.3 is 0 Å². The molecular formula is C13H15N3O2. The minimum absolute atomic E-state index is 0.214. The zero-order chi connectivity index (χ0) is 13.1. The average Bonchev–Trinajstić information content (AvgIpc) is 2.34. The Kier molecular flexibility index (Phi) is 3.41. The number of aromatic nitrogens is 3. The van der Waals surface area contributed by atoms with E-state index in [1.807, 2.05) is 20.8 Å². The van der Waals surface area contributed by atoms with E-state index in [2.05, 4.69) is 15.0 Å². The number of nitrogens with one attached hydrogen (secondary N) is 1. The lowest BCUT2D eigenvalue weighted by atomic mass is 10.2. The van der Waals surface area contributed by atoms with Crippen molar-refractivity contribution in [3.05, 3.63) is 40.2 Å². The van der Waals surface area contributed by atoms with Gasteiger partial charge in [-0.15, -0.1) is 0 Å². The largest absolute Gasteiger partial charge is 0.492 e. The quantitative estimate of drug-likeness (QED) is 0.896. The number of ether oxygens (including phenoxy) is 1. The molecule has 0 bridgehead atoms. The molecule has 0 fully saturated rings. The van der Waals surface area contributed by atoms with Crippen molar-refractivity contribution in [3.8, 4) is 17.0 Å². The van der Waals surface area contributed by atoms with E-state index in [0.717, 1.165) is 11.4 Å². The summed E-state index contributed by atoms with van der Waals surface area (Å²) in [6, 6.07) is 1.77. The van der Waals surface area contributed by atoms with Gasteiger partial charge in [-0.3, -0.25) is 9.78 Å². The number of aromatic amines is 1. The van der Waals surface area contributed by atoms with Crippen molar-refractivity contribution in [2.45, 2.75) is 20.8 Å². The lowest BCUT2D eigenvalue weighted by molar-refractivity contribution is 0.339. The number of hydrogen-bond acceptors (Lipinski definition) is 4. The van der Waals surface area contributed by atoms with Crippen molar-refractivity contribution < 1.29 is 4.74 Å². The Morgan fingerprint density at radius 2 is 2.11 bits per heavy atom. The maximum absolute atomic E-state index is 11.9. The highest BCUT2D eigenvalue weighted by atomic mass is 16.5. The highest BCUT2D eigenvalue weighted by molar-refractivity contribution is 5.58. The summed E-state index contributed by atoms with van der Waals surface area (Å²) in [5, 5.41) is 0. The van der Waals surface area contributed by atoms with E-state index in [1.54, 1.807) is 18.5 Å². The third-order valence-electron chi connectivity index (χ3n) is 2.64. The molecule has 1 N–H and O–H groups in total. The van der Waals surface area contributed by atoms with E-state index in [4.69, 9.17) is 4.74 Å². The van der Waals surface area contributed by atoms with Crippen LogP contribution in [0.3, 0.4) is 0 Å². The Morgan fingerprint density at radius 3 is 2.83 bits per heavy atom. The van der Waals surface area contributed by atoms with Gasteiger partial charge in [0, 0.05) is 17.5 Å². The third kappa shape index (κ3) is 2.40. The predicted octanol–water partition coefficient (Wildman–Crippen LogP) is 1.85. The van der Waals surface area contributed by atoms with Gasteiger partial charge in [-0.2, -0.15) is 0 Å². The molecule has 0 saturated carbocycles. The lowest BCUT2D eigenvalue weighted by Crippen LogP contribution is -2.14. The van der Waals surface area contributed by atoms with Crippen LogP contribution in [0.15, 0.2) is 23.3 Å². The van der Waals surface area contributed by atoms with E-state index in [-0.39, 0.29) is 5.56 Å². The van der Waals surface area contributed by atoms with Gasteiger partial charge in [0.2, 0.25) is 0 Å². The molecule has 0 amide bonds. The van der Waals surface area contributed by atoms with Gasteiger partial charge in [0.1, 0.15) is 11.4 Å². The Bertz CT molecular complexity index is 620. The molecular weight excluding hydrogens is 230 g/mol. The van der Waals surface area contributed by atoms with Gasteiger partial charge in [-0.05, 0) is 26.8 Å². The molecule has 18 heavy (non-hydrogen) atoms. The summed E-state index contributed by atoms with van der Waals surface area (Å²) >= 11 is 0. The zero-order valence-corrected chi connectivity index (χ0v) is 10.7. The molecule has 0 radical (unpaired) electrons. The second-order valence-corrected chi connectivity index (χ2v) is 3.97. The third-order valence-corrected chi connectivity index (χ3v) is 2.64. The van der Waals surface area contributed by atoms with E-state index in [0.29, 0.717) is 23.6 Å². The summed E-state index contributed by atoms with van der Waals surface area (Å²) in [4.78, 5) is 23.0. The van der Waals surface area contributed by atoms with Crippen LogP contribution in [-0.4, -0.2) is 21.6 Å². The fourth-order valence-corrected chi connectivity index (χ4v) is 1.61. The highest BCUT2D eigenvalue weighted by Crippen LogP contribution is 2.18. The summed E-state index contributed by atoms with van der Waals surface area (Å²) in [7, 11) is 0. The number of nitrogens with zero attached hydrogens (tertiary/aromatic N) is 2. The Hall–Kier alpha value is -2.17. The van der Waals surface area contributed by atoms with Gasteiger partial charge in [0.15, 0.2) is 0 Å². The lowest BCUT2D eigenvalue weighted by Gasteiger charge is -2.06. The molecule has 0 aliphatic carbocycles. The maximum atomic E-state index is 11.9. The topological polar surface area (TPSA) is 67.9 Å². The SMILES string of the molecule is CCOc1cncc(-c2nc(C)c(C)[nH]c2=O)c1. The maximum Gasteiger partial charge on any atom is 0.274 e. The van der Waals surface area contributed by atoms with Crippen molar-refractivity contribution >= 4 is 0 Å². The number of H-pyrrole nitrogens is 1. The molecule has 0 aliphatic heterocycles. The Labute approximate surface area is 105 Å². The molecule has 5 nitrogen and oxygen atoms in total. The molecule has 0 aliphatic rings. The molecule has 5 heteroatoms. The number of hydrogen-bond donors (Lipinski definition) is 1. The van der Waals surface area contributed by atoms with Crippen LogP contribution in [0.2, 0.25) is 0 Å². The first-order valence-electron chi connectivity index (χ1n) is 5.77. The second kappa shape index (κ2) is 5.00. The minimum Gasteiger partial charge on any atom is -0.492 e. The van der Waals surface area contributed by atoms with Crippen LogP contribution in [0.25, 0.3) is 11.3 Å². The predicted molar refractivity (Wildman–Crippen MR) is 68.7 cm³/mol. The van der Waals surface area contributed by atoms with Gasteiger partial charge in [-0.25, -0.2) is 4.98 Å². The molecule has 2 rings (SSSR count). The van der Waals surface area contributed by atoms with Gasteiger partial charge in [-0.1, -0.05) is 0 Å². The van der Waals surface area contributed by atoms with Crippen LogP contribution in [0.1, 0.15) is 18.3 Å². The first kappa shape index (κ1) is 12.3. The highest BCUT2D eigenvalue weighted by Gasteiger charge is 2.09. The van der Waals surface area contributed by atoms with Crippen molar-refractivity contribution in [2.75, 3.05) is 6.61 Å². The standard InChI is InChI=1S/C13H15N3O2/c1-4-18-11-5-10(6-14-7-11)12-13(17)16-9(3)8(2)15-12/h5-7H,4H2,1-3H3,(H,16,17). The monoisotopic (exact) mass is 245 g/mol. The Morgan fingerprint density at radius 1 is 1.33 bits per heavy atom. The number of rotatable bonds is 3. The minimum atomic E-state index is -0.214. The van der Waals surface area contributed by atoms with E-state index >= 15 is 0 Å².